The van der Waals surface area contributed by atoms with E-state index in [-0.39, 0.29) is 0 Å². The van der Waals surface area contributed by atoms with Gasteiger partial charge in [0.25, 0.3) is 0 Å². The standard InChI is InChI=1S/C4H10.C3H4O2S/c1-3-4-2;1-2-3(4)5-6/h3-4H2,1-2H3;2,6H,1H2. The van der Waals surface area contributed by atoms with Crippen LogP contribution in [0.25, 0.3) is 0 Å². The minimum Gasteiger partial charge on any atom is -0.391 e. The van der Waals surface area contributed by atoms with Gasteiger partial charge in [0.2, 0.25) is 0 Å². The maximum atomic E-state index is 9.76. The van der Waals surface area contributed by atoms with Gasteiger partial charge in [0.05, 0.1) is 0 Å². The molecule has 0 unspecified atom stereocenters. The monoisotopic (exact) mass is 162 g/mol. The molecular weight excluding hydrogens is 148 g/mol. The molecule has 10 heavy (non-hydrogen) atoms. The first kappa shape index (κ1) is 12.3. The van der Waals surface area contributed by atoms with Crippen LogP contribution in [0, 0.1) is 0 Å². The Morgan fingerprint density at radius 3 is 2.00 bits per heavy atom. The molecule has 60 valence electrons. The van der Waals surface area contributed by atoms with E-state index in [4.69, 9.17) is 0 Å². The highest BCUT2D eigenvalue weighted by atomic mass is 32.1. The molecule has 0 aliphatic rings. The number of unbranched alkanes of at least 4 members (excludes halogenated alkanes) is 1. The van der Waals surface area contributed by atoms with E-state index in [1.54, 1.807) is 0 Å². The molecule has 0 bridgehead atoms. The predicted octanol–water partition coefficient (Wildman–Crippen LogP) is 2.37. The van der Waals surface area contributed by atoms with Crippen molar-refractivity contribution in [3.8, 4) is 0 Å². The smallest absolute Gasteiger partial charge is 0.341 e. The van der Waals surface area contributed by atoms with Crippen molar-refractivity contribution >= 4 is 18.9 Å². The van der Waals surface area contributed by atoms with E-state index in [1.165, 1.54) is 12.8 Å². The lowest BCUT2D eigenvalue weighted by Gasteiger charge is -1.80. The number of carbonyl (C=O) groups excluding carboxylic acids is 1. The Bertz CT molecular complexity index is 89.6. The van der Waals surface area contributed by atoms with E-state index in [1.807, 2.05) is 0 Å². The van der Waals surface area contributed by atoms with Crippen LogP contribution in [0.3, 0.4) is 0 Å². The van der Waals surface area contributed by atoms with Crippen LogP contribution in [0.4, 0.5) is 0 Å². The molecule has 0 aromatic rings. The number of carbonyl (C=O) groups is 1. The molecule has 0 radical (unpaired) electrons. The summed E-state index contributed by atoms with van der Waals surface area (Å²) in [6.07, 6.45) is 3.67. The molecule has 0 aromatic carbocycles. The average Bonchev–Trinajstić information content (AvgIpc) is 2.03. The maximum absolute atomic E-state index is 9.76. The normalized spacial score (nSPS) is 7.10. The maximum Gasteiger partial charge on any atom is 0.341 e. The summed E-state index contributed by atoms with van der Waals surface area (Å²) in [6, 6.07) is 0. The summed E-state index contributed by atoms with van der Waals surface area (Å²) >= 11 is 3.17. The zero-order valence-corrected chi connectivity index (χ0v) is 7.36. The predicted molar refractivity (Wildman–Crippen MR) is 45.9 cm³/mol. The summed E-state index contributed by atoms with van der Waals surface area (Å²) in [7, 11) is 0. The topological polar surface area (TPSA) is 26.3 Å². The highest BCUT2D eigenvalue weighted by Gasteiger charge is 1.83. The fourth-order valence-corrected chi connectivity index (χ4v) is 0.112. The highest BCUT2D eigenvalue weighted by Crippen LogP contribution is 1.78. The van der Waals surface area contributed by atoms with Crippen LogP contribution in [0.2, 0.25) is 0 Å². The van der Waals surface area contributed by atoms with Crippen molar-refractivity contribution in [2.24, 2.45) is 0 Å². The zero-order valence-electron chi connectivity index (χ0n) is 6.46. The molecule has 0 fully saturated rings. The molecule has 0 spiro atoms. The summed E-state index contributed by atoms with van der Waals surface area (Å²) in [5, 5.41) is 0. The average molecular weight is 162 g/mol. The van der Waals surface area contributed by atoms with Crippen LogP contribution < -0.4 is 0 Å². The first-order chi connectivity index (χ1) is 4.72. The first-order valence-electron chi connectivity index (χ1n) is 3.20. The van der Waals surface area contributed by atoms with Crippen molar-refractivity contribution in [1.29, 1.82) is 0 Å². The summed E-state index contributed by atoms with van der Waals surface area (Å²) < 4.78 is 3.84. The van der Waals surface area contributed by atoms with Crippen molar-refractivity contribution < 1.29 is 8.98 Å². The molecule has 0 rings (SSSR count). The minimum absolute atomic E-state index is 0.529. The van der Waals surface area contributed by atoms with E-state index in [2.05, 4.69) is 37.5 Å². The molecule has 3 heteroatoms. The Morgan fingerprint density at radius 2 is 2.00 bits per heavy atom. The van der Waals surface area contributed by atoms with Crippen LogP contribution in [0.1, 0.15) is 26.7 Å². The van der Waals surface area contributed by atoms with Crippen molar-refractivity contribution in [2.45, 2.75) is 26.7 Å². The van der Waals surface area contributed by atoms with E-state index in [9.17, 15) is 4.79 Å². The van der Waals surface area contributed by atoms with Crippen LogP contribution in [-0.2, 0) is 8.98 Å². The van der Waals surface area contributed by atoms with Crippen molar-refractivity contribution in [1.82, 2.24) is 0 Å². The second kappa shape index (κ2) is 11.4. The van der Waals surface area contributed by atoms with E-state index in [0.29, 0.717) is 0 Å². The Hall–Kier alpha value is -0.440. The summed E-state index contributed by atoms with van der Waals surface area (Å²) in [5.74, 6) is -0.529. The Labute approximate surface area is 67.9 Å². The second-order valence-corrected chi connectivity index (χ2v) is 1.80. The van der Waals surface area contributed by atoms with Crippen LogP contribution in [-0.4, -0.2) is 5.97 Å². The van der Waals surface area contributed by atoms with Gasteiger partial charge in [-0.2, -0.15) is 0 Å². The van der Waals surface area contributed by atoms with Crippen LogP contribution in [0.5, 0.6) is 0 Å². The van der Waals surface area contributed by atoms with Gasteiger partial charge in [-0.3, -0.25) is 0 Å². The van der Waals surface area contributed by atoms with Gasteiger partial charge in [0.1, 0.15) is 0 Å². The number of thiol groups is 1. The third-order valence-electron chi connectivity index (χ3n) is 0.757. The summed E-state index contributed by atoms with van der Waals surface area (Å²) in [5.41, 5.74) is 0. The lowest BCUT2D eigenvalue weighted by Crippen LogP contribution is -1.86. The number of hydrogen-bond donors (Lipinski definition) is 1. The molecule has 0 atom stereocenters. The fraction of sp³-hybridized carbons (Fsp3) is 0.571. The third kappa shape index (κ3) is 15.6. The first-order valence-corrected chi connectivity index (χ1v) is 3.57. The fourth-order valence-electron chi connectivity index (χ4n) is 0.0373. The zero-order chi connectivity index (χ0) is 8.41. The molecule has 0 heterocycles. The quantitative estimate of drug-likeness (QED) is 0.383. The summed E-state index contributed by atoms with van der Waals surface area (Å²) in [6.45, 7) is 7.47. The van der Waals surface area contributed by atoms with E-state index >= 15 is 0 Å². The molecular formula is C7H14O2S. The molecule has 0 aliphatic carbocycles. The molecule has 0 saturated carbocycles. The molecule has 0 aliphatic heterocycles. The summed E-state index contributed by atoms with van der Waals surface area (Å²) in [4.78, 5) is 9.76. The Kier molecular flexibility index (Phi) is 13.9. The lowest BCUT2D eigenvalue weighted by atomic mass is 10.4. The van der Waals surface area contributed by atoms with Gasteiger partial charge in [0.15, 0.2) is 0 Å². The molecule has 0 saturated heterocycles. The second-order valence-electron chi connectivity index (χ2n) is 1.61. The minimum atomic E-state index is -0.529. The van der Waals surface area contributed by atoms with Crippen LogP contribution in [0.15, 0.2) is 12.7 Å². The van der Waals surface area contributed by atoms with Crippen molar-refractivity contribution in [3.63, 3.8) is 0 Å². The highest BCUT2D eigenvalue weighted by molar-refractivity contribution is 7.75. The Morgan fingerprint density at radius 1 is 1.60 bits per heavy atom. The molecule has 2 nitrogen and oxygen atoms in total. The third-order valence-corrected chi connectivity index (χ3v) is 0.937. The lowest BCUT2D eigenvalue weighted by molar-refractivity contribution is -0.127. The molecule has 0 amide bonds. The SMILES string of the molecule is C=CC(=O)OS.CCCC. The van der Waals surface area contributed by atoms with Crippen LogP contribution >= 0.6 is 12.9 Å². The van der Waals surface area contributed by atoms with Crippen molar-refractivity contribution in [2.75, 3.05) is 0 Å². The molecule has 0 aromatic heterocycles. The van der Waals surface area contributed by atoms with Gasteiger partial charge in [-0.15, -0.1) is 0 Å². The van der Waals surface area contributed by atoms with Gasteiger partial charge in [0, 0.05) is 19.0 Å². The van der Waals surface area contributed by atoms with Gasteiger partial charge in [-0.05, 0) is 0 Å². The van der Waals surface area contributed by atoms with Gasteiger partial charge in [-0.25, -0.2) is 4.79 Å². The van der Waals surface area contributed by atoms with Gasteiger partial charge >= 0.3 is 5.97 Å². The Balaban J connectivity index is 0. The number of rotatable bonds is 2. The van der Waals surface area contributed by atoms with Crippen molar-refractivity contribution in [3.05, 3.63) is 12.7 Å². The van der Waals surface area contributed by atoms with E-state index in [0.717, 1.165) is 6.08 Å². The van der Waals surface area contributed by atoms with E-state index < -0.39 is 5.97 Å². The largest absolute Gasteiger partial charge is 0.391 e. The molecule has 0 N–H and O–H groups in total. The van der Waals surface area contributed by atoms with Gasteiger partial charge < -0.3 is 4.18 Å². The van der Waals surface area contributed by atoms with Gasteiger partial charge in [-0.1, -0.05) is 33.3 Å². The number of hydrogen-bond acceptors (Lipinski definition) is 3.